The summed E-state index contributed by atoms with van der Waals surface area (Å²) >= 11 is 0. The van der Waals surface area contributed by atoms with Gasteiger partial charge in [-0.1, -0.05) is 13.8 Å². The fourth-order valence-corrected chi connectivity index (χ4v) is 1.97. The molecule has 78 valence electrons. The quantitative estimate of drug-likeness (QED) is 0.790. The van der Waals surface area contributed by atoms with E-state index in [9.17, 15) is 0 Å². The Morgan fingerprint density at radius 3 is 3.14 bits per heavy atom. The Hall–Kier alpha value is -0.900. The van der Waals surface area contributed by atoms with Crippen LogP contribution >= 0.6 is 0 Å². The summed E-state index contributed by atoms with van der Waals surface area (Å²) in [6.45, 7) is 6.55. The molecule has 1 N–H and O–H groups in total. The number of nitrogens with zero attached hydrogens (tertiary/aromatic N) is 3. The normalized spacial score (nSPS) is 22.1. The van der Waals surface area contributed by atoms with Crippen LogP contribution in [0.2, 0.25) is 0 Å². The third-order valence-electron chi connectivity index (χ3n) is 2.58. The van der Waals surface area contributed by atoms with Crippen LogP contribution in [0.1, 0.15) is 38.6 Å². The van der Waals surface area contributed by atoms with Crippen molar-refractivity contribution in [2.75, 3.05) is 6.54 Å². The SMILES string of the molecule is CC(C)Cn1cnnc1C1CCCN1. The molecule has 1 aliphatic rings. The van der Waals surface area contributed by atoms with E-state index >= 15 is 0 Å². The molecule has 1 unspecified atom stereocenters. The van der Waals surface area contributed by atoms with Crippen LogP contribution in [-0.4, -0.2) is 21.3 Å². The second-order valence-electron chi connectivity index (χ2n) is 4.38. The summed E-state index contributed by atoms with van der Waals surface area (Å²) in [5.74, 6) is 1.75. The summed E-state index contributed by atoms with van der Waals surface area (Å²) in [7, 11) is 0. The Morgan fingerprint density at radius 2 is 2.50 bits per heavy atom. The van der Waals surface area contributed by atoms with Crippen molar-refractivity contribution in [1.29, 1.82) is 0 Å². The van der Waals surface area contributed by atoms with E-state index in [1.807, 2.05) is 6.33 Å². The van der Waals surface area contributed by atoms with Crippen LogP contribution in [0.15, 0.2) is 6.33 Å². The van der Waals surface area contributed by atoms with Crippen molar-refractivity contribution in [3.8, 4) is 0 Å². The van der Waals surface area contributed by atoms with Gasteiger partial charge in [-0.3, -0.25) is 0 Å². The van der Waals surface area contributed by atoms with Crippen molar-refractivity contribution in [2.45, 2.75) is 39.3 Å². The van der Waals surface area contributed by atoms with Crippen molar-refractivity contribution in [3.05, 3.63) is 12.2 Å². The monoisotopic (exact) mass is 194 g/mol. The minimum absolute atomic E-state index is 0.427. The lowest BCUT2D eigenvalue weighted by Gasteiger charge is -2.13. The van der Waals surface area contributed by atoms with Crippen LogP contribution in [0, 0.1) is 5.92 Å². The van der Waals surface area contributed by atoms with Gasteiger partial charge in [-0.25, -0.2) is 0 Å². The van der Waals surface area contributed by atoms with Crippen LogP contribution < -0.4 is 5.32 Å². The summed E-state index contributed by atoms with van der Waals surface area (Å²) in [4.78, 5) is 0. The molecule has 1 aliphatic heterocycles. The van der Waals surface area contributed by atoms with E-state index in [-0.39, 0.29) is 0 Å². The lowest BCUT2D eigenvalue weighted by atomic mass is 10.2. The predicted molar refractivity (Wildman–Crippen MR) is 54.8 cm³/mol. The molecular formula is C10H18N4. The van der Waals surface area contributed by atoms with Crippen molar-refractivity contribution < 1.29 is 0 Å². The Labute approximate surface area is 84.7 Å². The standard InChI is InChI=1S/C10H18N4/c1-8(2)6-14-7-12-13-10(14)9-4-3-5-11-9/h7-9,11H,3-6H2,1-2H3. The van der Waals surface area contributed by atoms with Crippen LogP contribution in [0.3, 0.4) is 0 Å². The highest BCUT2D eigenvalue weighted by Crippen LogP contribution is 2.21. The lowest BCUT2D eigenvalue weighted by molar-refractivity contribution is 0.476. The first-order chi connectivity index (χ1) is 6.77. The first-order valence-corrected chi connectivity index (χ1v) is 5.38. The number of hydrogen-bond donors (Lipinski definition) is 1. The molecule has 0 bridgehead atoms. The molecule has 1 saturated heterocycles. The Bertz CT molecular complexity index is 286. The third-order valence-corrected chi connectivity index (χ3v) is 2.58. The molecule has 0 saturated carbocycles. The molecule has 1 atom stereocenters. The first-order valence-electron chi connectivity index (χ1n) is 5.38. The summed E-state index contributed by atoms with van der Waals surface area (Å²) in [6, 6.07) is 0.427. The summed E-state index contributed by atoms with van der Waals surface area (Å²) in [6.07, 6.45) is 4.28. The van der Waals surface area contributed by atoms with E-state index in [2.05, 4.69) is 33.9 Å². The fraction of sp³-hybridized carbons (Fsp3) is 0.800. The largest absolute Gasteiger partial charge is 0.316 e. The van der Waals surface area contributed by atoms with Gasteiger partial charge in [0.2, 0.25) is 0 Å². The van der Waals surface area contributed by atoms with E-state index in [1.165, 1.54) is 12.8 Å². The predicted octanol–water partition coefficient (Wildman–Crippen LogP) is 1.36. The fourth-order valence-electron chi connectivity index (χ4n) is 1.97. The first kappa shape index (κ1) is 9.65. The van der Waals surface area contributed by atoms with Crippen molar-refractivity contribution >= 4 is 0 Å². The van der Waals surface area contributed by atoms with Gasteiger partial charge in [0, 0.05) is 6.54 Å². The van der Waals surface area contributed by atoms with Gasteiger partial charge in [0.15, 0.2) is 0 Å². The zero-order chi connectivity index (χ0) is 9.97. The summed E-state index contributed by atoms with van der Waals surface area (Å²) < 4.78 is 2.17. The maximum Gasteiger partial charge on any atom is 0.149 e. The van der Waals surface area contributed by atoms with Crippen molar-refractivity contribution in [3.63, 3.8) is 0 Å². The highest BCUT2D eigenvalue weighted by atomic mass is 15.3. The second-order valence-corrected chi connectivity index (χ2v) is 4.38. The molecule has 2 rings (SSSR count). The minimum atomic E-state index is 0.427. The number of rotatable bonds is 3. The Kier molecular flexibility index (Phi) is 2.82. The average Bonchev–Trinajstić information content (AvgIpc) is 2.70. The smallest absolute Gasteiger partial charge is 0.149 e. The van der Waals surface area contributed by atoms with Crippen LogP contribution in [0.4, 0.5) is 0 Å². The van der Waals surface area contributed by atoms with Gasteiger partial charge in [-0.05, 0) is 25.3 Å². The maximum absolute atomic E-state index is 4.20. The van der Waals surface area contributed by atoms with E-state index < -0.39 is 0 Å². The van der Waals surface area contributed by atoms with Gasteiger partial charge >= 0.3 is 0 Å². The van der Waals surface area contributed by atoms with Crippen molar-refractivity contribution in [1.82, 2.24) is 20.1 Å². The molecule has 14 heavy (non-hydrogen) atoms. The topological polar surface area (TPSA) is 42.7 Å². The molecule has 0 amide bonds. The highest BCUT2D eigenvalue weighted by Gasteiger charge is 2.21. The average molecular weight is 194 g/mol. The van der Waals surface area contributed by atoms with Crippen molar-refractivity contribution in [2.24, 2.45) is 5.92 Å². The zero-order valence-electron chi connectivity index (χ0n) is 8.90. The Morgan fingerprint density at radius 1 is 1.64 bits per heavy atom. The van der Waals surface area contributed by atoms with E-state index in [4.69, 9.17) is 0 Å². The molecule has 2 heterocycles. The van der Waals surface area contributed by atoms with Gasteiger partial charge in [-0.15, -0.1) is 10.2 Å². The van der Waals surface area contributed by atoms with Gasteiger partial charge in [0.05, 0.1) is 6.04 Å². The van der Waals surface area contributed by atoms with E-state index in [0.717, 1.165) is 18.9 Å². The van der Waals surface area contributed by atoms with Crippen LogP contribution in [-0.2, 0) is 6.54 Å². The van der Waals surface area contributed by atoms with Gasteiger partial charge in [-0.2, -0.15) is 0 Å². The zero-order valence-corrected chi connectivity index (χ0v) is 8.90. The molecule has 4 heteroatoms. The van der Waals surface area contributed by atoms with E-state index in [0.29, 0.717) is 12.0 Å². The number of hydrogen-bond acceptors (Lipinski definition) is 3. The third kappa shape index (κ3) is 1.95. The summed E-state index contributed by atoms with van der Waals surface area (Å²) in [5.41, 5.74) is 0. The Balaban J connectivity index is 2.12. The highest BCUT2D eigenvalue weighted by molar-refractivity contribution is 4.97. The van der Waals surface area contributed by atoms with Gasteiger partial charge < -0.3 is 9.88 Å². The van der Waals surface area contributed by atoms with E-state index in [1.54, 1.807) is 0 Å². The van der Waals surface area contributed by atoms with Gasteiger partial charge in [0.25, 0.3) is 0 Å². The molecule has 1 aromatic heterocycles. The molecule has 1 fully saturated rings. The lowest BCUT2D eigenvalue weighted by Crippen LogP contribution is -2.19. The summed E-state index contributed by atoms with van der Waals surface area (Å²) in [5, 5.41) is 11.6. The second kappa shape index (κ2) is 4.09. The minimum Gasteiger partial charge on any atom is -0.316 e. The molecule has 4 nitrogen and oxygen atoms in total. The maximum atomic E-state index is 4.20. The van der Waals surface area contributed by atoms with Gasteiger partial charge in [0.1, 0.15) is 12.2 Å². The molecular weight excluding hydrogens is 176 g/mol. The van der Waals surface area contributed by atoms with Crippen LogP contribution in [0.5, 0.6) is 0 Å². The van der Waals surface area contributed by atoms with Crippen LogP contribution in [0.25, 0.3) is 0 Å². The number of aromatic nitrogens is 3. The molecule has 0 radical (unpaired) electrons. The number of nitrogens with one attached hydrogen (secondary N) is 1. The molecule has 0 aromatic carbocycles. The molecule has 0 aliphatic carbocycles. The molecule has 0 spiro atoms. The molecule has 1 aromatic rings.